The van der Waals surface area contributed by atoms with Gasteiger partial charge in [0.15, 0.2) is 9.84 Å². The van der Waals surface area contributed by atoms with Crippen molar-refractivity contribution in [1.82, 2.24) is 9.61 Å². The molecule has 0 N–H and O–H groups in total. The smallest absolute Gasteiger partial charge is 0.258 e. The molecule has 1 aromatic carbocycles. The molecule has 7 nitrogen and oxygen atoms in total. The normalized spacial score (nSPS) is 12.1. The van der Waals surface area contributed by atoms with Gasteiger partial charge in [-0.25, -0.2) is 12.9 Å². The maximum absolute atomic E-state index is 12.6. The first-order chi connectivity index (χ1) is 12.3. The zero-order chi connectivity index (χ0) is 18.9. The molecule has 0 spiro atoms. The Labute approximate surface area is 158 Å². The van der Waals surface area contributed by atoms with Gasteiger partial charge in [0.05, 0.1) is 27.3 Å². The van der Waals surface area contributed by atoms with Crippen LogP contribution in [0.2, 0.25) is 0 Å². The Bertz CT molecular complexity index is 1140. The lowest BCUT2D eigenvalue weighted by molar-refractivity contribution is -0.385. The van der Waals surface area contributed by atoms with Crippen molar-refractivity contribution >= 4 is 43.0 Å². The molecule has 2 heterocycles. The molecule has 2 aromatic heterocycles. The van der Waals surface area contributed by atoms with E-state index < -0.39 is 14.8 Å². The second-order valence-corrected chi connectivity index (χ2v) is 8.58. The fourth-order valence-electron chi connectivity index (χ4n) is 2.53. The number of aryl methyl sites for hydroxylation is 1. The van der Waals surface area contributed by atoms with Gasteiger partial charge in [-0.1, -0.05) is 34.1 Å². The minimum absolute atomic E-state index is 0.0287. The zero-order valence-electron chi connectivity index (χ0n) is 13.7. The second kappa shape index (κ2) is 7.00. The number of hydrogen-bond acceptors (Lipinski definition) is 5. The first-order valence-corrected chi connectivity index (χ1v) is 10.00. The van der Waals surface area contributed by atoms with Crippen molar-refractivity contribution in [2.75, 3.05) is 5.75 Å². The number of rotatable bonds is 5. The van der Waals surface area contributed by atoms with E-state index in [9.17, 15) is 18.5 Å². The van der Waals surface area contributed by atoms with Crippen LogP contribution in [0.1, 0.15) is 11.1 Å². The van der Waals surface area contributed by atoms with E-state index in [-0.39, 0.29) is 16.3 Å². The highest BCUT2D eigenvalue weighted by molar-refractivity contribution is 9.10. The van der Waals surface area contributed by atoms with Crippen LogP contribution in [-0.2, 0) is 9.84 Å². The molecule has 0 aliphatic rings. The van der Waals surface area contributed by atoms with Gasteiger partial charge < -0.3 is 0 Å². The summed E-state index contributed by atoms with van der Waals surface area (Å²) in [5.74, 6) is -0.264. The molecule has 0 fully saturated rings. The molecule has 0 radical (unpaired) electrons. The first kappa shape index (κ1) is 18.3. The van der Waals surface area contributed by atoms with Crippen LogP contribution in [0.5, 0.6) is 0 Å². The molecule has 0 aliphatic heterocycles. The number of benzene rings is 1. The predicted octanol–water partition coefficient (Wildman–Crippen LogP) is 3.80. The Hall–Kier alpha value is -2.52. The largest absolute Gasteiger partial charge is 0.270 e. The van der Waals surface area contributed by atoms with E-state index in [1.165, 1.54) is 18.2 Å². The highest BCUT2D eigenvalue weighted by Crippen LogP contribution is 2.23. The van der Waals surface area contributed by atoms with Gasteiger partial charge in [-0.2, -0.15) is 5.10 Å². The predicted molar refractivity (Wildman–Crippen MR) is 102 cm³/mol. The molecule has 0 aliphatic carbocycles. The number of non-ortho nitro benzene ring substituents is 1. The van der Waals surface area contributed by atoms with Gasteiger partial charge in [0.1, 0.15) is 0 Å². The lowest BCUT2D eigenvalue weighted by Gasteiger charge is -2.05. The molecule has 0 bridgehead atoms. The topological polar surface area (TPSA) is 94.6 Å². The molecule has 0 saturated heterocycles. The maximum Gasteiger partial charge on any atom is 0.270 e. The lowest BCUT2D eigenvalue weighted by atomic mass is 10.2. The Morgan fingerprint density at radius 2 is 2.08 bits per heavy atom. The van der Waals surface area contributed by atoms with Crippen molar-refractivity contribution in [2.24, 2.45) is 0 Å². The van der Waals surface area contributed by atoms with Crippen LogP contribution < -0.4 is 0 Å². The van der Waals surface area contributed by atoms with Crippen LogP contribution in [0.4, 0.5) is 5.69 Å². The van der Waals surface area contributed by atoms with Gasteiger partial charge in [-0.15, -0.1) is 0 Å². The average molecular weight is 436 g/mol. The molecule has 3 rings (SSSR count). The number of sulfone groups is 1. The fourth-order valence-corrected chi connectivity index (χ4v) is 4.25. The standard InChI is InChI=1S/C17H14BrN3O4S/c1-12-4-5-15(21(22)23)10-17(12)26(24,25)8-2-3-13-11-19-20-7-6-14(18)9-16(13)20/h2-7,9-11H,8H2,1H3/b3-2+. The molecular weight excluding hydrogens is 422 g/mol. The number of pyridine rings is 1. The van der Waals surface area contributed by atoms with E-state index in [1.54, 1.807) is 29.9 Å². The summed E-state index contributed by atoms with van der Waals surface area (Å²) in [6.45, 7) is 1.61. The minimum atomic E-state index is -3.69. The summed E-state index contributed by atoms with van der Waals surface area (Å²) in [7, 11) is -3.69. The summed E-state index contributed by atoms with van der Waals surface area (Å²) >= 11 is 3.39. The summed E-state index contributed by atoms with van der Waals surface area (Å²) in [6.07, 6.45) is 6.63. The van der Waals surface area contributed by atoms with Crippen LogP contribution in [0, 0.1) is 17.0 Å². The van der Waals surface area contributed by atoms with Crippen LogP contribution in [0.25, 0.3) is 11.6 Å². The van der Waals surface area contributed by atoms with Gasteiger partial charge in [0, 0.05) is 28.4 Å². The third-order valence-electron chi connectivity index (χ3n) is 3.84. The van der Waals surface area contributed by atoms with Crippen molar-refractivity contribution in [3.8, 4) is 0 Å². The molecule has 0 unspecified atom stereocenters. The van der Waals surface area contributed by atoms with Crippen LogP contribution >= 0.6 is 15.9 Å². The van der Waals surface area contributed by atoms with Crippen molar-refractivity contribution in [1.29, 1.82) is 0 Å². The van der Waals surface area contributed by atoms with Crippen LogP contribution in [-0.4, -0.2) is 28.7 Å². The SMILES string of the molecule is Cc1ccc([N+](=O)[O-])cc1S(=O)(=O)C/C=C/c1cnn2ccc(Br)cc12. The van der Waals surface area contributed by atoms with Crippen molar-refractivity contribution in [3.63, 3.8) is 0 Å². The first-order valence-electron chi connectivity index (χ1n) is 7.55. The highest BCUT2D eigenvalue weighted by atomic mass is 79.9. The number of aromatic nitrogens is 2. The second-order valence-electron chi connectivity index (χ2n) is 5.67. The van der Waals surface area contributed by atoms with E-state index in [4.69, 9.17) is 0 Å². The van der Waals surface area contributed by atoms with Crippen LogP contribution in [0.3, 0.4) is 0 Å². The molecule has 9 heteroatoms. The fraction of sp³-hybridized carbons (Fsp3) is 0.118. The maximum atomic E-state index is 12.6. The third kappa shape index (κ3) is 3.68. The molecule has 0 saturated carbocycles. The molecule has 0 atom stereocenters. The number of nitro groups is 1. The number of fused-ring (bicyclic) bond motifs is 1. The monoisotopic (exact) mass is 435 g/mol. The average Bonchev–Trinajstić information content (AvgIpc) is 2.97. The molecular formula is C17H14BrN3O4S. The highest BCUT2D eigenvalue weighted by Gasteiger charge is 2.19. The summed E-state index contributed by atoms with van der Waals surface area (Å²) in [4.78, 5) is 10.3. The number of hydrogen-bond donors (Lipinski definition) is 0. The summed E-state index contributed by atoms with van der Waals surface area (Å²) in [6, 6.07) is 7.57. The van der Waals surface area contributed by atoms with Gasteiger partial charge in [-0.05, 0) is 24.6 Å². The van der Waals surface area contributed by atoms with Gasteiger partial charge in [-0.3, -0.25) is 10.1 Å². The third-order valence-corrected chi connectivity index (χ3v) is 6.08. The van der Waals surface area contributed by atoms with Gasteiger partial charge >= 0.3 is 0 Å². The van der Waals surface area contributed by atoms with Crippen LogP contribution in [0.15, 0.2) is 58.2 Å². The summed E-state index contributed by atoms with van der Waals surface area (Å²) in [5.41, 5.74) is 1.84. The Morgan fingerprint density at radius 1 is 1.31 bits per heavy atom. The Balaban J connectivity index is 1.88. The van der Waals surface area contributed by atoms with Gasteiger partial charge in [0.2, 0.25) is 0 Å². The molecule has 134 valence electrons. The van der Waals surface area contributed by atoms with Gasteiger partial charge in [0.25, 0.3) is 5.69 Å². The summed E-state index contributed by atoms with van der Waals surface area (Å²) < 4.78 is 27.7. The zero-order valence-corrected chi connectivity index (χ0v) is 16.1. The molecule has 0 amide bonds. The van der Waals surface area contributed by atoms with E-state index in [0.29, 0.717) is 5.56 Å². The quantitative estimate of drug-likeness (QED) is 0.448. The lowest BCUT2D eigenvalue weighted by Crippen LogP contribution is -2.07. The van der Waals surface area contributed by atoms with E-state index in [1.807, 2.05) is 12.1 Å². The number of halogens is 1. The van der Waals surface area contributed by atoms with E-state index >= 15 is 0 Å². The number of nitrogens with zero attached hydrogens (tertiary/aromatic N) is 3. The minimum Gasteiger partial charge on any atom is -0.258 e. The Kier molecular flexibility index (Phi) is 4.92. The van der Waals surface area contributed by atoms with Crippen molar-refractivity contribution in [2.45, 2.75) is 11.8 Å². The number of nitro benzene ring substituents is 1. The molecule has 26 heavy (non-hydrogen) atoms. The summed E-state index contributed by atoms with van der Waals surface area (Å²) in [5, 5.41) is 15.1. The van der Waals surface area contributed by atoms with Crippen molar-refractivity contribution in [3.05, 3.63) is 74.5 Å². The molecule has 3 aromatic rings. The van der Waals surface area contributed by atoms with Crippen molar-refractivity contribution < 1.29 is 13.3 Å². The van der Waals surface area contributed by atoms with E-state index in [2.05, 4.69) is 21.0 Å². The Morgan fingerprint density at radius 3 is 2.81 bits per heavy atom. The van der Waals surface area contributed by atoms with E-state index in [0.717, 1.165) is 21.6 Å².